The number of hydrogen-bond acceptors (Lipinski definition) is 6. The number of aliphatic hydroxyl groups excluding tert-OH is 1. The summed E-state index contributed by atoms with van der Waals surface area (Å²) < 4.78 is 32.8. The summed E-state index contributed by atoms with van der Waals surface area (Å²) in [7, 11) is -3.75. The molecule has 0 bridgehead atoms. The van der Waals surface area contributed by atoms with E-state index in [0.29, 0.717) is 17.1 Å². The molecule has 6 nitrogen and oxygen atoms in total. The third-order valence-corrected chi connectivity index (χ3v) is 6.82. The maximum atomic E-state index is 12.6. The van der Waals surface area contributed by atoms with E-state index in [1.54, 1.807) is 42.5 Å². The van der Waals surface area contributed by atoms with Crippen molar-refractivity contribution in [2.75, 3.05) is 6.54 Å². The van der Waals surface area contributed by atoms with Gasteiger partial charge in [0.25, 0.3) is 0 Å². The number of thiophene rings is 1. The molecule has 0 fully saturated rings. The van der Waals surface area contributed by atoms with Gasteiger partial charge in [0, 0.05) is 19.0 Å². The van der Waals surface area contributed by atoms with Crippen LogP contribution in [0.5, 0.6) is 0 Å². The predicted octanol–water partition coefficient (Wildman–Crippen LogP) is 4.39. The highest BCUT2D eigenvalue weighted by Gasteiger charge is 2.17. The van der Waals surface area contributed by atoms with E-state index >= 15 is 0 Å². The van der Waals surface area contributed by atoms with Gasteiger partial charge < -0.3 is 9.52 Å². The molecule has 0 aliphatic rings. The molecule has 4 aromatic rings. The number of rotatable bonds is 7. The number of oxazole rings is 1. The average molecular weight is 441 g/mol. The Morgan fingerprint density at radius 2 is 1.73 bits per heavy atom. The fourth-order valence-electron chi connectivity index (χ4n) is 3.02. The molecule has 2 heterocycles. The summed E-state index contributed by atoms with van der Waals surface area (Å²) in [5.74, 6) is 0.542. The molecule has 30 heavy (non-hydrogen) atoms. The molecular formula is C22H20N2O4S2. The van der Waals surface area contributed by atoms with Crippen molar-refractivity contribution in [1.29, 1.82) is 0 Å². The van der Waals surface area contributed by atoms with Gasteiger partial charge in [-0.2, -0.15) is 11.3 Å². The number of aryl methyl sites for hydroxylation is 1. The largest absolute Gasteiger partial charge is 0.449 e. The van der Waals surface area contributed by atoms with E-state index in [4.69, 9.17) is 4.42 Å². The van der Waals surface area contributed by atoms with Crippen LogP contribution in [0, 0.1) is 6.92 Å². The topological polar surface area (TPSA) is 92.4 Å². The van der Waals surface area contributed by atoms with E-state index in [1.165, 1.54) is 18.4 Å². The van der Waals surface area contributed by atoms with Crippen LogP contribution in [0.25, 0.3) is 22.4 Å². The highest BCUT2D eigenvalue weighted by Crippen LogP contribution is 2.24. The first-order chi connectivity index (χ1) is 14.4. The third kappa shape index (κ3) is 4.52. The van der Waals surface area contributed by atoms with Crippen LogP contribution in [-0.4, -0.2) is 25.1 Å². The fourth-order valence-corrected chi connectivity index (χ4v) is 4.72. The van der Waals surface area contributed by atoms with Crippen LogP contribution >= 0.6 is 11.3 Å². The van der Waals surface area contributed by atoms with Crippen molar-refractivity contribution in [1.82, 2.24) is 9.71 Å². The lowest BCUT2D eigenvalue weighted by molar-refractivity contribution is 0.182. The Morgan fingerprint density at radius 1 is 1.03 bits per heavy atom. The molecule has 2 aromatic heterocycles. The van der Waals surface area contributed by atoms with Gasteiger partial charge in [0.2, 0.25) is 10.0 Å². The summed E-state index contributed by atoms with van der Waals surface area (Å²) in [6, 6.07) is 15.8. The summed E-state index contributed by atoms with van der Waals surface area (Å²) in [5, 5.41) is 14.5. The molecule has 2 N–H and O–H groups in total. The summed E-state index contributed by atoms with van der Waals surface area (Å²) in [5.41, 5.74) is 4.22. The van der Waals surface area contributed by atoms with E-state index in [2.05, 4.69) is 15.1 Å². The summed E-state index contributed by atoms with van der Waals surface area (Å²) in [4.78, 5) is 4.34. The number of benzene rings is 2. The van der Waals surface area contributed by atoms with E-state index in [9.17, 15) is 13.5 Å². The highest BCUT2D eigenvalue weighted by molar-refractivity contribution is 7.89. The molecule has 0 aliphatic heterocycles. The van der Waals surface area contributed by atoms with Gasteiger partial charge in [-0.3, -0.25) is 0 Å². The second-order valence-corrected chi connectivity index (χ2v) is 9.32. The van der Waals surface area contributed by atoms with Crippen molar-refractivity contribution in [2.24, 2.45) is 0 Å². The molecule has 0 amide bonds. The second-order valence-electron chi connectivity index (χ2n) is 6.78. The fraction of sp³-hybridized carbons (Fsp3) is 0.136. The Kier molecular flexibility index (Phi) is 5.83. The van der Waals surface area contributed by atoms with Gasteiger partial charge in [0.05, 0.1) is 11.0 Å². The van der Waals surface area contributed by atoms with Crippen molar-refractivity contribution in [3.63, 3.8) is 0 Å². The molecular weight excluding hydrogens is 420 g/mol. The van der Waals surface area contributed by atoms with Gasteiger partial charge in [-0.1, -0.05) is 36.4 Å². The minimum atomic E-state index is -3.75. The highest BCUT2D eigenvalue weighted by atomic mass is 32.2. The normalized spacial score (nSPS) is 12.7. The van der Waals surface area contributed by atoms with Crippen molar-refractivity contribution >= 4 is 21.4 Å². The van der Waals surface area contributed by atoms with E-state index in [1.807, 2.05) is 23.6 Å². The summed E-state index contributed by atoms with van der Waals surface area (Å²) in [6.45, 7) is 1.62. The predicted molar refractivity (Wildman–Crippen MR) is 117 cm³/mol. The minimum absolute atomic E-state index is 0.117. The molecule has 0 saturated heterocycles. The van der Waals surface area contributed by atoms with Gasteiger partial charge in [-0.25, -0.2) is 18.1 Å². The standard InChI is InChI=1S/C22H20N2O4S2/c1-15-24-21(13-28-15)17-6-8-20(9-7-17)30(26,27)23-12-22(25)18-4-2-16(3-5-18)19-10-11-29-14-19/h2-11,13-14,22-23,25H,12H2,1H3. The smallest absolute Gasteiger partial charge is 0.240 e. The first-order valence-electron chi connectivity index (χ1n) is 9.25. The lowest BCUT2D eigenvalue weighted by Gasteiger charge is -2.13. The first-order valence-corrected chi connectivity index (χ1v) is 11.7. The monoisotopic (exact) mass is 440 g/mol. The quantitative estimate of drug-likeness (QED) is 0.445. The Bertz CT molecular complexity index is 1210. The van der Waals surface area contributed by atoms with Crippen LogP contribution in [0.15, 0.2) is 80.9 Å². The van der Waals surface area contributed by atoms with Crippen molar-refractivity contribution in [3.05, 3.63) is 83.1 Å². The van der Waals surface area contributed by atoms with Crippen molar-refractivity contribution in [2.45, 2.75) is 17.9 Å². The van der Waals surface area contributed by atoms with Gasteiger partial charge in [0.15, 0.2) is 5.89 Å². The molecule has 1 unspecified atom stereocenters. The Labute approximate surface area is 178 Å². The lowest BCUT2D eigenvalue weighted by atomic mass is 10.0. The zero-order valence-corrected chi connectivity index (χ0v) is 17.8. The first kappa shape index (κ1) is 20.5. The van der Waals surface area contributed by atoms with Crippen LogP contribution in [0.2, 0.25) is 0 Å². The maximum absolute atomic E-state index is 12.6. The zero-order chi connectivity index (χ0) is 21.1. The molecule has 0 aliphatic carbocycles. The Balaban J connectivity index is 1.41. The van der Waals surface area contributed by atoms with Crippen molar-refractivity contribution < 1.29 is 17.9 Å². The molecule has 0 saturated carbocycles. The molecule has 0 radical (unpaired) electrons. The van der Waals surface area contributed by atoms with Gasteiger partial charge >= 0.3 is 0 Å². The molecule has 8 heteroatoms. The molecule has 2 aromatic carbocycles. The van der Waals surface area contributed by atoms with Crippen LogP contribution < -0.4 is 4.72 Å². The average Bonchev–Trinajstić information content (AvgIpc) is 3.44. The number of hydrogen-bond donors (Lipinski definition) is 2. The summed E-state index contributed by atoms with van der Waals surface area (Å²) in [6.07, 6.45) is 0.575. The SMILES string of the molecule is Cc1nc(-c2ccc(S(=O)(=O)NCC(O)c3ccc(-c4ccsc4)cc3)cc2)co1. The van der Waals surface area contributed by atoms with Crippen molar-refractivity contribution in [3.8, 4) is 22.4 Å². The lowest BCUT2D eigenvalue weighted by Crippen LogP contribution is -2.28. The maximum Gasteiger partial charge on any atom is 0.240 e. The van der Waals surface area contributed by atoms with Gasteiger partial charge in [0.1, 0.15) is 12.0 Å². The minimum Gasteiger partial charge on any atom is -0.449 e. The van der Waals surface area contributed by atoms with E-state index in [-0.39, 0.29) is 11.4 Å². The number of nitrogens with one attached hydrogen (secondary N) is 1. The van der Waals surface area contributed by atoms with Crippen LogP contribution in [0.4, 0.5) is 0 Å². The number of aliphatic hydroxyl groups is 1. The zero-order valence-electron chi connectivity index (χ0n) is 16.1. The van der Waals surface area contributed by atoms with E-state index in [0.717, 1.165) is 16.7 Å². The van der Waals surface area contributed by atoms with E-state index < -0.39 is 16.1 Å². The Hall–Kier alpha value is -2.78. The van der Waals surface area contributed by atoms with Crippen LogP contribution in [0.3, 0.4) is 0 Å². The molecule has 1 atom stereocenters. The number of nitrogens with zero attached hydrogens (tertiary/aromatic N) is 1. The second kappa shape index (κ2) is 8.53. The van der Waals surface area contributed by atoms with Gasteiger partial charge in [-0.15, -0.1) is 0 Å². The van der Waals surface area contributed by atoms with Crippen LogP contribution in [0.1, 0.15) is 17.6 Å². The number of sulfonamides is 1. The Morgan fingerprint density at radius 3 is 2.33 bits per heavy atom. The molecule has 0 spiro atoms. The molecule has 154 valence electrons. The molecule has 4 rings (SSSR count). The summed E-state index contributed by atoms with van der Waals surface area (Å²) >= 11 is 1.62. The third-order valence-electron chi connectivity index (χ3n) is 4.70. The van der Waals surface area contributed by atoms with Crippen LogP contribution in [-0.2, 0) is 10.0 Å². The van der Waals surface area contributed by atoms with Gasteiger partial charge in [-0.05, 0) is 45.6 Å². The number of aromatic nitrogens is 1.